The number of ketones is 1. The molecule has 104 valence electrons. The van der Waals surface area contributed by atoms with Crippen molar-refractivity contribution in [1.82, 2.24) is 0 Å². The Hall–Kier alpha value is -1.51. The van der Waals surface area contributed by atoms with Gasteiger partial charge in [-0.3, -0.25) is 9.35 Å². The van der Waals surface area contributed by atoms with Crippen molar-refractivity contribution in [3.05, 3.63) is 23.3 Å². The van der Waals surface area contributed by atoms with E-state index in [0.29, 0.717) is 18.4 Å². The fourth-order valence-corrected chi connectivity index (χ4v) is 3.62. The van der Waals surface area contributed by atoms with Gasteiger partial charge in [-0.05, 0) is 30.9 Å². The number of ether oxygens (including phenoxy) is 1. The molecule has 2 aliphatic rings. The summed E-state index contributed by atoms with van der Waals surface area (Å²) in [6.07, 6.45) is 3.73. The summed E-state index contributed by atoms with van der Waals surface area (Å²) in [6, 6.07) is 0. The van der Waals surface area contributed by atoms with Gasteiger partial charge in [0.05, 0.1) is 5.57 Å². The number of nitrogens with zero attached hydrogens (tertiary/aromatic N) is 1. The van der Waals surface area contributed by atoms with E-state index in [1.54, 1.807) is 0 Å². The van der Waals surface area contributed by atoms with Crippen molar-refractivity contribution in [3.63, 3.8) is 0 Å². The fraction of sp³-hybridized carbons (Fsp3) is 0.455. The van der Waals surface area contributed by atoms with Crippen LogP contribution in [-0.2, 0) is 19.6 Å². The molecule has 0 saturated carbocycles. The minimum Gasteiger partial charge on any atom is -0.410 e. The van der Waals surface area contributed by atoms with Crippen molar-refractivity contribution in [2.75, 3.05) is 7.11 Å². The van der Waals surface area contributed by atoms with E-state index in [0.717, 1.165) is 7.11 Å². The van der Waals surface area contributed by atoms with Crippen molar-refractivity contribution >= 4 is 21.6 Å². The van der Waals surface area contributed by atoms with Gasteiger partial charge in [-0.25, -0.2) is 0 Å². The first-order valence-electron chi connectivity index (χ1n) is 5.58. The number of rotatable bonds is 2. The molecule has 0 aromatic carbocycles. The topological polar surface area (TPSA) is 113 Å². The summed E-state index contributed by atoms with van der Waals surface area (Å²) in [5, 5.41) is 11.6. The summed E-state index contributed by atoms with van der Waals surface area (Å²) in [4.78, 5) is 10.1. The van der Waals surface area contributed by atoms with Crippen molar-refractivity contribution in [1.29, 1.82) is 0 Å². The van der Waals surface area contributed by atoms with E-state index >= 15 is 0 Å². The number of Topliss-reactive ketones (excluding diaryl/α,β-unsaturated/α-hetero) is 1. The number of oxime groups is 1. The van der Waals surface area contributed by atoms with E-state index in [1.807, 2.05) is 0 Å². The molecule has 7 nitrogen and oxygen atoms in total. The van der Waals surface area contributed by atoms with Gasteiger partial charge in [-0.2, -0.15) is 8.42 Å². The van der Waals surface area contributed by atoms with E-state index in [4.69, 9.17) is 9.94 Å². The first-order chi connectivity index (χ1) is 8.87. The molecule has 0 aromatic heterocycles. The van der Waals surface area contributed by atoms with Crippen LogP contribution in [0, 0.1) is 0 Å². The molecule has 0 fully saturated rings. The lowest BCUT2D eigenvalue weighted by Crippen LogP contribution is -2.48. The molecule has 0 heterocycles. The molecule has 0 aliphatic heterocycles. The Balaban J connectivity index is 2.72. The van der Waals surface area contributed by atoms with Crippen LogP contribution in [0.4, 0.5) is 0 Å². The highest BCUT2D eigenvalue weighted by Crippen LogP contribution is 2.42. The maximum atomic E-state index is 12.2. The first kappa shape index (κ1) is 13.9. The zero-order valence-corrected chi connectivity index (χ0v) is 11.0. The molecule has 1 atom stereocenters. The highest BCUT2D eigenvalue weighted by molar-refractivity contribution is 7.87. The Morgan fingerprint density at radius 2 is 2.11 bits per heavy atom. The van der Waals surface area contributed by atoms with Crippen LogP contribution in [0.2, 0.25) is 0 Å². The van der Waals surface area contributed by atoms with Gasteiger partial charge in [0.1, 0.15) is 5.71 Å². The van der Waals surface area contributed by atoms with Crippen molar-refractivity contribution in [3.8, 4) is 0 Å². The molecule has 0 amide bonds. The van der Waals surface area contributed by atoms with Gasteiger partial charge in [0, 0.05) is 7.11 Å². The predicted octanol–water partition coefficient (Wildman–Crippen LogP) is 0.666. The number of carbonyl (C=O) groups excluding carboxylic acids is 1. The summed E-state index contributed by atoms with van der Waals surface area (Å²) in [7, 11) is -3.53. The summed E-state index contributed by atoms with van der Waals surface area (Å²) in [5.74, 6) is -0.751. The second-order valence-corrected chi connectivity index (χ2v) is 5.94. The average Bonchev–Trinajstić information content (AvgIpc) is 2.37. The van der Waals surface area contributed by atoms with Gasteiger partial charge in [0.2, 0.25) is 10.7 Å². The number of hydrogen-bond acceptors (Lipinski definition) is 6. The third-order valence-corrected chi connectivity index (χ3v) is 4.82. The molecular formula is C11H13NO6S. The number of carbonyl (C=O) groups is 1. The third-order valence-electron chi connectivity index (χ3n) is 3.41. The summed E-state index contributed by atoms with van der Waals surface area (Å²) >= 11 is 0. The van der Waals surface area contributed by atoms with Gasteiger partial charge >= 0.3 is 0 Å². The second kappa shape index (κ2) is 4.55. The van der Waals surface area contributed by atoms with E-state index < -0.39 is 20.8 Å². The lowest BCUT2D eigenvalue weighted by molar-refractivity contribution is -0.111. The van der Waals surface area contributed by atoms with Crippen LogP contribution in [0.3, 0.4) is 0 Å². The fourth-order valence-electron chi connectivity index (χ4n) is 2.52. The van der Waals surface area contributed by atoms with E-state index in [-0.39, 0.29) is 17.7 Å². The molecule has 19 heavy (non-hydrogen) atoms. The van der Waals surface area contributed by atoms with E-state index in [1.165, 1.54) is 12.2 Å². The standard InChI is InChI=1S/C11H13NO6S/c1-18-11(19(15,16)17)6-2-3-7-4-5-8(12-14)10(13)9(7)11/h4-5,14H,2-3,6H2,1H3,(H,15,16,17). The van der Waals surface area contributed by atoms with Crippen LogP contribution in [0.1, 0.15) is 19.3 Å². The highest BCUT2D eigenvalue weighted by atomic mass is 32.2. The van der Waals surface area contributed by atoms with Gasteiger partial charge in [-0.15, -0.1) is 0 Å². The lowest BCUT2D eigenvalue weighted by Gasteiger charge is -2.36. The van der Waals surface area contributed by atoms with E-state index in [9.17, 15) is 17.8 Å². The van der Waals surface area contributed by atoms with Gasteiger partial charge in [0.25, 0.3) is 10.1 Å². The normalized spacial score (nSPS) is 29.8. The number of hydrogen-bond donors (Lipinski definition) is 2. The van der Waals surface area contributed by atoms with Crippen LogP contribution in [-0.4, -0.2) is 41.7 Å². The Morgan fingerprint density at radius 3 is 2.63 bits per heavy atom. The molecule has 0 bridgehead atoms. The summed E-state index contributed by atoms with van der Waals surface area (Å²) < 4.78 is 37.7. The average molecular weight is 287 g/mol. The molecule has 1 unspecified atom stereocenters. The van der Waals surface area contributed by atoms with Crippen molar-refractivity contribution in [2.24, 2.45) is 5.16 Å². The molecule has 2 N–H and O–H groups in total. The number of allylic oxidation sites excluding steroid dienone is 3. The van der Waals surface area contributed by atoms with Crippen molar-refractivity contribution < 1.29 is 27.7 Å². The zero-order chi connectivity index (χ0) is 14.3. The van der Waals surface area contributed by atoms with E-state index in [2.05, 4.69) is 5.16 Å². The van der Waals surface area contributed by atoms with Crippen LogP contribution in [0.25, 0.3) is 0 Å². The Kier molecular flexibility index (Phi) is 3.33. The molecule has 2 aliphatic carbocycles. The third kappa shape index (κ3) is 1.92. The Labute approximate surface area is 110 Å². The number of methoxy groups -OCH3 is 1. The molecule has 8 heteroatoms. The Morgan fingerprint density at radius 1 is 1.42 bits per heavy atom. The molecular weight excluding hydrogens is 274 g/mol. The molecule has 0 saturated heterocycles. The molecule has 0 aromatic rings. The smallest absolute Gasteiger partial charge is 0.299 e. The van der Waals surface area contributed by atoms with Gasteiger partial charge in [-0.1, -0.05) is 11.2 Å². The minimum absolute atomic E-state index is 0.0283. The maximum absolute atomic E-state index is 12.2. The van der Waals surface area contributed by atoms with Gasteiger partial charge in [0.15, 0.2) is 0 Å². The second-order valence-electron chi connectivity index (χ2n) is 4.33. The quantitative estimate of drug-likeness (QED) is 0.334. The maximum Gasteiger partial charge on any atom is 0.299 e. The van der Waals surface area contributed by atoms with Crippen LogP contribution in [0.5, 0.6) is 0 Å². The summed E-state index contributed by atoms with van der Waals surface area (Å²) in [6.45, 7) is 0. The Bertz CT molecular complexity index is 615. The summed E-state index contributed by atoms with van der Waals surface area (Å²) in [5.41, 5.74) is 0.0212. The SMILES string of the molecule is COC1(S(=O)(=O)O)CCCC2=C1C(=O)C(=NO)C=C2. The molecule has 2 rings (SSSR count). The largest absolute Gasteiger partial charge is 0.410 e. The van der Waals surface area contributed by atoms with Gasteiger partial charge < -0.3 is 9.94 Å². The predicted molar refractivity (Wildman–Crippen MR) is 65.5 cm³/mol. The molecule has 0 radical (unpaired) electrons. The minimum atomic E-state index is -4.64. The van der Waals surface area contributed by atoms with Crippen LogP contribution >= 0.6 is 0 Å². The first-order valence-corrected chi connectivity index (χ1v) is 7.02. The van der Waals surface area contributed by atoms with Crippen LogP contribution < -0.4 is 0 Å². The zero-order valence-electron chi connectivity index (χ0n) is 10.2. The van der Waals surface area contributed by atoms with Crippen molar-refractivity contribution in [2.45, 2.75) is 24.2 Å². The van der Waals surface area contributed by atoms with Crippen LogP contribution in [0.15, 0.2) is 28.5 Å². The molecule has 0 spiro atoms. The monoisotopic (exact) mass is 287 g/mol. The lowest BCUT2D eigenvalue weighted by atomic mass is 9.82. The highest BCUT2D eigenvalue weighted by Gasteiger charge is 2.53.